The Balaban J connectivity index is 1.68. The van der Waals surface area contributed by atoms with E-state index in [0.717, 1.165) is 38.6 Å². The number of rotatable bonds is 4. The van der Waals surface area contributed by atoms with Gasteiger partial charge in [-0.3, -0.25) is 9.59 Å². The number of hydrogen-bond acceptors (Lipinski definition) is 8. The van der Waals surface area contributed by atoms with E-state index in [4.69, 9.17) is 0 Å². The summed E-state index contributed by atoms with van der Waals surface area (Å²) in [4.78, 5) is 28.1. The molecule has 0 saturated carbocycles. The highest BCUT2D eigenvalue weighted by atomic mass is 16.4. The second kappa shape index (κ2) is 7.08. The fourth-order valence-electron chi connectivity index (χ4n) is 4.63. The number of fused-ring (bicyclic) bond motifs is 2. The van der Waals surface area contributed by atoms with Crippen LogP contribution in [0, 0.1) is 0 Å². The van der Waals surface area contributed by atoms with Crippen molar-refractivity contribution in [1.82, 2.24) is 10.2 Å². The van der Waals surface area contributed by atoms with Crippen LogP contribution in [0.5, 0.6) is 11.5 Å². The average molecular weight is 416 g/mol. The highest BCUT2D eigenvalue weighted by molar-refractivity contribution is 6.26. The molecule has 162 valence electrons. The minimum atomic E-state index is -1.58. The summed E-state index contributed by atoms with van der Waals surface area (Å²) >= 11 is 0. The number of allylic oxidation sites excluding steroid dienone is 2. The van der Waals surface area contributed by atoms with Crippen molar-refractivity contribution in [3.63, 3.8) is 0 Å². The number of nitrogens with zero attached hydrogens (tertiary/aromatic N) is 1. The highest BCUT2D eigenvalue weighted by Crippen LogP contribution is 2.48. The van der Waals surface area contributed by atoms with Gasteiger partial charge in [-0.05, 0) is 39.8 Å². The Morgan fingerprint density at radius 2 is 1.50 bits per heavy atom. The molecule has 30 heavy (non-hydrogen) atoms. The summed E-state index contributed by atoms with van der Waals surface area (Å²) in [5, 5.41) is 45.9. The smallest absolute Gasteiger partial charge is 0.213 e. The first-order valence-corrected chi connectivity index (χ1v) is 10.3. The van der Waals surface area contributed by atoms with E-state index in [1.807, 2.05) is 0 Å². The fraction of sp³-hybridized carbons (Fsp3) is 0.545. The summed E-state index contributed by atoms with van der Waals surface area (Å²) < 4.78 is 0. The molecule has 0 bridgehead atoms. The van der Waals surface area contributed by atoms with Crippen molar-refractivity contribution in [2.24, 2.45) is 0 Å². The molecule has 4 rings (SSSR count). The molecule has 2 aliphatic carbocycles. The molecule has 0 unspecified atom stereocenters. The van der Waals surface area contributed by atoms with Gasteiger partial charge >= 0.3 is 0 Å². The van der Waals surface area contributed by atoms with E-state index < -0.39 is 34.3 Å². The van der Waals surface area contributed by atoms with Crippen molar-refractivity contribution in [1.29, 1.82) is 0 Å². The lowest BCUT2D eigenvalue weighted by Crippen LogP contribution is -2.55. The highest BCUT2D eigenvalue weighted by Gasteiger charge is 2.49. The van der Waals surface area contributed by atoms with Gasteiger partial charge in [0.25, 0.3) is 0 Å². The van der Waals surface area contributed by atoms with E-state index in [1.165, 1.54) is 13.8 Å². The molecule has 0 aromatic heterocycles. The largest absolute Gasteiger partial charge is 0.507 e. The number of ketones is 2. The van der Waals surface area contributed by atoms with Gasteiger partial charge in [-0.15, -0.1) is 0 Å². The molecule has 8 nitrogen and oxygen atoms in total. The summed E-state index contributed by atoms with van der Waals surface area (Å²) in [7, 11) is 0. The number of phenols is 2. The van der Waals surface area contributed by atoms with Crippen LogP contribution in [0.2, 0.25) is 0 Å². The van der Waals surface area contributed by atoms with Crippen molar-refractivity contribution in [2.45, 2.75) is 50.7 Å². The van der Waals surface area contributed by atoms with Gasteiger partial charge < -0.3 is 30.6 Å². The van der Waals surface area contributed by atoms with Crippen LogP contribution in [0.4, 0.5) is 0 Å². The lowest BCUT2D eigenvalue weighted by Gasteiger charge is -2.44. The molecule has 1 fully saturated rings. The second-order valence-corrected chi connectivity index (χ2v) is 9.03. The van der Waals surface area contributed by atoms with Gasteiger partial charge in [0.05, 0.1) is 28.0 Å². The van der Waals surface area contributed by atoms with Crippen molar-refractivity contribution in [3.8, 4) is 11.5 Å². The second-order valence-electron chi connectivity index (χ2n) is 9.03. The first-order valence-electron chi connectivity index (χ1n) is 10.3. The lowest BCUT2D eigenvalue weighted by atomic mass is 9.69. The van der Waals surface area contributed by atoms with E-state index in [0.29, 0.717) is 6.54 Å². The van der Waals surface area contributed by atoms with Gasteiger partial charge in [0.2, 0.25) is 5.78 Å². The lowest BCUT2D eigenvalue weighted by molar-refractivity contribution is -0.135. The summed E-state index contributed by atoms with van der Waals surface area (Å²) in [6.45, 7) is 6.12. The minimum Gasteiger partial charge on any atom is -0.507 e. The Labute approximate surface area is 174 Å². The predicted octanol–water partition coefficient (Wildman–Crippen LogP) is 0.647. The summed E-state index contributed by atoms with van der Waals surface area (Å²) in [6.07, 6.45) is 3.14. The molecule has 8 heteroatoms. The normalized spacial score (nSPS) is 28.9. The Morgan fingerprint density at radius 3 is 2.07 bits per heavy atom. The van der Waals surface area contributed by atoms with Crippen molar-refractivity contribution >= 4 is 11.6 Å². The van der Waals surface area contributed by atoms with Gasteiger partial charge in [0.1, 0.15) is 11.5 Å². The fourth-order valence-corrected chi connectivity index (χ4v) is 4.63. The molecule has 0 amide bonds. The van der Waals surface area contributed by atoms with Gasteiger partial charge in [-0.1, -0.05) is 0 Å². The van der Waals surface area contributed by atoms with Crippen LogP contribution < -0.4 is 5.32 Å². The van der Waals surface area contributed by atoms with Gasteiger partial charge in [0, 0.05) is 43.1 Å². The van der Waals surface area contributed by atoms with Crippen LogP contribution >= 0.6 is 0 Å². The molecular weight excluding hydrogens is 388 g/mol. The number of carbonyl (C=O) groups is 2. The number of aliphatic hydroxyl groups is 2. The average Bonchev–Trinajstić information content (AvgIpc) is 3.17. The Hall–Kier alpha value is -2.42. The maximum absolute atomic E-state index is 13.1. The molecule has 3 aliphatic rings. The zero-order valence-corrected chi connectivity index (χ0v) is 17.3. The standard InChI is InChI=1S/C22H28N2O6/c1-21(29)10-12-13(11-22(21,2)30)19(27)17-16(18(12)26)15(25)9-14(20(17)28)23-5-8-24-6-3-4-7-24/h9,23,26-27,29-30H,3-8,10-11H2,1-2H3/t21-,22+/m1/s1. The zero-order chi connectivity index (χ0) is 21.8. The van der Waals surface area contributed by atoms with Crippen molar-refractivity contribution < 1.29 is 30.0 Å². The van der Waals surface area contributed by atoms with Crippen LogP contribution in [-0.4, -0.2) is 74.3 Å². The summed E-state index contributed by atoms with van der Waals surface area (Å²) in [5.74, 6) is -1.99. The third-order valence-electron chi connectivity index (χ3n) is 6.80. The monoisotopic (exact) mass is 416 g/mol. The quantitative estimate of drug-likeness (QED) is 0.452. The number of Topliss-reactive ketones (excluding diaryl/α,β-unsaturated/α-hetero) is 1. The Kier molecular flexibility index (Phi) is 4.91. The third-order valence-corrected chi connectivity index (χ3v) is 6.80. The summed E-state index contributed by atoms with van der Waals surface area (Å²) in [6, 6.07) is 0. The number of aromatic hydroxyl groups is 2. The van der Waals surface area contributed by atoms with E-state index >= 15 is 0 Å². The molecule has 5 N–H and O–H groups in total. The van der Waals surface area contributed by atoms with E-state index in [2.05, 4.69) is 10.2 Å². The molecule has 1 heterocycles. The number of carbonyl (C=O) groups excluding carboxylic acids is 2. The van der Waals surface area contributed by atoms with Gasteiger partial charge in [-0.2, -0.15) is 0 Å². The third kappa shape index (κ3) is 3.19. The minimum absolute atomic E-state index is 0.0795. The number of hydrogen-bond donors (Lipinski definition) is 5. The predicted molar refractivity (Wildman–Crippen MR) is 109 cm³/mol. The molecular formula is C22H28N2O6. The molecule has 1 aliphatic heterocycles. The van der Waals surface area contributed by atoms with Gasteiger partial charge in [0.15, 0.2) is 5.78 Å². The maximum Gasteiger partial charge on any atom is 0.213 e. The Morgan fingerprint density at radius 1 is 0.967 bits per heavy atom. The van der Waals surface area contributed by atoms with Crippen molar-refractivity contribution in [3.05, 3.63) is 34.0 Å². The molecule has 2 atom stereocenters. The first-order chi connectivity index (χ1) is 14.0. The van der Waals surface area contributed by atoms with E-state index in [-0.39, 0.29) is 40.8 Å². The molecule has 1 aromatic rings. The Bertz CT molecular complexity index is 957. The van der Waals surface area contributed by atoms with Crippen molar-refractivity contribution in [2.75, 3.05) is 26.2 Å². The van der Waals surface area contributed by atoms with Crippen LogP contribution in [0.3, 0.4) is 0 Å². The van der Waals surface area contributed by atoms with Crippen LogP contribution in [0.15, 0.2) is 11.8 Å². The number of nitrogens with one attached hydrogen (secondary N) is 1. The SMILES string of the molecule is C[C@]1(O)Cc2c(O)c3c(c(O)c2C[C@@]1(C)O)C(=O)C=C(NCCN1CCCC1)C3=O. The van der Waals surface area contributed by atoms with E-state index in [9.17, 15) is 30.0 Å². The number of phenolic OH excluding ortho intramolecular Hbond substituents is 2. The van der Waals surface area contributed by atoms with Crippen LogP contribution in [-0.2, 0) is 12.8 Å². The van der Waals surface area contributed by atoms with Gasteiger partial charge in [-0.25, -0.2) is 0 Å². The number of benzene rings is 1. The molecule has 0 spiro atoms. The van der Waals surface area contributed by atoms with E-state index in [1.54, 1.807) is 0 Å². The zero-order valence-electron chi connectivity index (χ0n) is 17.3. The maximum atomic E-state index is 13.1. The topological polar surface area (TPSA) is 130 Å². The van der Waals surface area contributed by atoms with Crippen LogP contribution in [0.1, 0.15) is 58.5 Å². The summed E-state index contributed by atoms with van der Waals surface area (Å²) in [5.41, 5.74) is -3.20. The van der Waals surface area contributed by atoms with Crippen LogP contribution in [0.25, 0.3) is 0 Å². The number of likely N-dealkylation sites (tertiary alicyclic amines) is 1. The first kappa shape index (κ1) is 20.8. The molecule has 1 aromatic carbocycles. The molecule has 1 saturated heterocycles. The molecule has 0 radical (unpaired) electrons.